The number of methoxy groups -OCH3 is 1. The molecule has 1 aliphatic heterocycles. The first kappa shape index (κ1) is 14.3. The van der Waals surface area contributed by atoms with Crippen molar-refractivity contribution in [3.8, 4) is 5.88 Å². The highest BCUT2D eigenvalue weighted by Gasteiger charge is 2.39. The van der Waals surface area contributed by atoms with E-state index in [2.05, 4.69) is 4.98 Å². The van der Waals surface area contributed by atoms with Crippen LogP contribution in [0, 0.1) is 0 Å². The van der Waals surface area contributed by atoms with Crippen molar-refractivity contribution in [2.24, 2.45) is 0 Å². The molecule has 0 N–H and O–H groups in total. The Morgan fingerprint density at radius 3 is 2.60 bits per heavy atom. The maximum atomic E-state index is 12.4. The third kappa shape index (κ3) is 2.33. The van der Waals surface area contributed by atoms with Gasteiger partial charge in [0.2, 0.25) is 17.7 Å². The Bertz CT molecular complexity index is 532. The maximum Gasteiger partial charge on any atom is 0.246 e. The van der Waals surface area contributed by atoms with Crippen LogP contribution >= 0.6 is 0 Å². The first-order valence-corrected chi connectivity index (χ1v) is 6.52. The van der Waals surface area contributed by atoms with Crippen LogP contribution in [0.4, 0.5) is 0 Å². The Morgan fingerprint density at radius 2 is 1.95 bits per heavy atom. The lowest BCUT2D eigenvalue weighted by Crippen LogP contribution is -2.61. The first-order valence-electron chi connectivity index (χ1n) is 6.52. The molecule has 0 aliphatic carbocycles. The number of amides is 2. The van der Waals surface area contributed by atoms with Crippen molar-refractivity contribution in [3.05, 3.63) is 23.9 Å². The number of hydrogen-bond donors (Lipinski definition) is 0. The average Bonchev–Trinajstić information content (AvgIpc) is 2.48. The lowest BCUT2D eigenvalue weighted by molar-refractivity contribution is -0.159. The Morgan fingerprint density at radius 1 is 1.25 bits per heavy atom. The number of carbonyl (C=O) groups is 2. The van der Waals surface area contributed by atoms with Gasteiger partial charge in [0.05, 0.1) is 13.7 Å². The third-order valence-electron chi connectivity index (χ3n) is 3.78. The van der Waals surface area contributed by atoms with Gasteiger partial charge in [-0.2, -0.15) is 0 Å². The summed E-state index contributed by atoms with van der Waals surface area (Å²) in [5, 5.41) is 0. The van der Waals surface area contributed by atoms with Crippen LogP contribution < -0.4 is 4.74 Å². The van der Waals surface area contributed by atoms with Gasteiger partial charge in [0.15, 0.2) is 0 Å². The van der Waals surface area contributed by atoms with E-state index in [1.165, 1.54) is 12.0 Å². The minimum Gasteiger partial charge on any atom is -0.481 e. The number of likely N-dealkylation sites (N-methyl/N-ethyl adjacent to an activating group) is 1. The highest BCUT2D eigenvalue weighted by Crippen LogP contribution is 2.22. The highest BCUT2D eigenvalue weighted by molar-refractivity contribution is 5.96. The van der Waals surface area contributed by atoms with E-state index in [0.717, 1.165) is 5.56 Å². The number of piperazine rings is 1. The van der Waals surface area contributed by atoms with E-state index < -0.39 is 12.1 Å². The minimum atomic E-state index is -0.478. The zero-order valence-electron chi connectivity index (χ0n) is 12.2. The zero-order chi connectivity index (χ0) is 14.9. The molecule has 1 aromatic rings. The molecular weight excluding hydrogens is 258 g/mol. The molecular formula is C14H19N3O3. The van der Waals surface area contributed by atoms with Crippen LogP contribution in [0.1, 0.15) is 19.4 Å². The van der Waals surface area contributed by atoms with Gasteiger partial charge in [-0.05, 0) is 19.9 Å². The molecule has 6 nitrogen and oxygen atoms in total. The summed E-state index contributed by atoms with van der Waals surface area (Å²) >= 11 is 0. The lowest BCUT2D eigenvalue weighted by atomic mass is 10.1. The number of nitrogens with zero attached hydrogens (tertiary/aromatic N) is 3. The predicted molar refractivity (Wildman–Crippen MR) is 73.0 cm³/mol. The average molecular weight is 277 g/mol. The van der Waals surface area contributed by atoms with Gasteiger partial charge in [0.1, 0.15) is 12.1 Å². The summed E-state index contributed by atoms with van der Waals surface area (Å²) in [6.07, 6.45) is 1.63. The van der Waals surface area contributed by atoms with Crippen LogP contribution in [0.15, 0.2) is 18.3 Å². The molecule has 0 spiro atoms. The second-order valence-corrected chi connectivity index (χ2v) is 4.94. The summed E-state index contributed by atoms with van der Waals surface area (Å²) in [5.74, 6) is 0.358. The van der Waals surface area contributed by atoms with E-state index in [4.69, 9.17) is 4.74 Å². The molecule has 20 heavy (non-hydrogen) atoms. The molecule has 2 amide bonds. The first-order chi connectivity index (χ1) is 9.47. The molecule has 1 saturated heterocycles. The van der Waals surface area contributed by atoms with Crippen LogP contribution in [0.5, 0.6) is 5.88 Å². The van der Waals surface area contributed by atoms with Crippen molar-refractivity contribution >= 4 is 11.8 Å². The molecule has 0 radical (unpaired) electrons. The summed E-state index contributed by atoms with van der Waals surface area (Å²) in [4.78, 5) is 31.7. The van der Waals surface area contributed by atoms with E-state index in [-0.39, 0.29) is 11.8 Å². The number of hydrogen-bond acceptors (Lipinski definition) is 4. The van der Waals surface area contributed by atoms with Crippen molar-refractivity contribution in [2.45, 2.75) is 32.5 Å². The summed E-state index contributed by atoms with van der Waals surface area (Å²) in [7, 11) is 3.19. The fourth-order valence-corrected chi connectivity index (χ4v) is 2.34. The molecule has 108 valence electrons. The SMILES string of the molecule is COc1ncccc1CN1C(=O)[C@H](C)N(C)C(=O)[C@@H]1C. The standard InChI is InChI=1S/C14H19N3O3/c1-9-14(19)17(10(2)13(18)16(9)3)8-11-6-5-7-15-12(11)20-4/h5-7,9-10H,8H2,1-4H3/t9-,10-/m0/s1. The zero-order valence-corrected chi connectivity index (χ0v) is 12.2. The maximum absolute atomic E-state index is 12.4. The highest BCUT2D eigenvalue weighted by atomic mass is 16.5. The minimum absolute atomic E-state index is 0.0556. The fraction of sp³-hybridized carbons (Fsp3) is 0.500. The molecule has 1 fully saturated rings. The van der Waals surface area contributed by atoms with Gasteiger partial charge in [0, 0.05) is 18.8 Å². The summed E-state index contributed by atoms with van der Waals surface area (Å²) in [6, 6.07) is 2.71. The molecule has 2 atom stereocenters. The van der Waals surface area contributed by atoms with E-state index in [9.17, 15) is 9.59 Å². The van der Waals surface area contributed by atoms with Crippen LogP contribution in [0.3, 0.4) is 0 Å². The number of aromatic nitrogens is 1. The smallest absolute Gasteiger partial charge is 0.246 e. The Hall–Kier alpha value is -2.11. The molecule has 0 saturated carbocycles. The normalized spacial score (nSPS) is 23.2. The molecule has 2 heterocycles. The molecule has 0 bridgehead atoms. The van der Waals surface area contributed by atoms with Crippen LogP contribution in [-0.2, 0) is 16.1 Å². The van der Waals surface area contributed by atoms with E-state index in [1.807, 2.05) is 6.07 Å². The summed E-state index contributed by atoms with van der Waals surface area (Å²) in [6.45, 7) is 3.80. The van der Waals surface area contributed by atoms with E-state index in [1.54, 1.807) is 38.1 Å². The molecule has 1 aliphatic rings. The monoisotopic (exact) mass is 277 g/mol. The summed E-state index contributed by atoms with van der Waals surface area (Å²) < 4.78 is 5.19. The number of pyridine rings is 1. The van der Waals surface area contributed by atoms with Crippen molar-refractivity contribution in [1.82, 2.24) is 14.8 Å². The van der Waals surface area contributed by atoms with Gasteiger partial charge < -0.3 is 14.5 Å². The Balaban J connectivity index is 2.27. The second-order valence-electron chi connectivity index (χ2n) is 4.94. The quantitative estimate of drug-likeness (QED) is 0.814. The van der Waals surface area contributed by atoms with Gasteiger partial charge in [-0.3, -0.25) is 9.59 Å². The fourth-order valence-electron chi connectivity index (χ4n) is 2.34. The van der Waals surface area contributed by atoms with Crippen molar-refractivity contribution < 1.29 is 14.3 Å². The van der Waals surface area contributed by atoms with Gasteiger partial charge in [-0.25, -0.2) is 4.98 Å². The third-order valence-corrected chi connectivity index (χ3v) is 3.78. The van der Waals surface area contributed by atoms with Gasteiger partial charge in [-0.15, -0.1) is 0 Å². The van der Waals surface area contributed by atoms with Gasteiger partial charge >= 0.3 is 0 Å². The predicted octanol–water partition coefficient (Wildman–Crippen LogP) is 0.668. The van der Waals surface area contributed by atoms with E-state index >= 15 is 0 Å². The Kier molecular flexibility index (Phi) is 3.92. The summed E-state index contributed by atoms with van der Waals surface area (Å²) in [5.41, 5.74) is 0.791. The molecule has 0 unspecified atom stereocenters. The van der Waals surface area contributed by atoms with Crippen LogP contribution in [0.25, 0.3) is 0 Å². The van der Waals surface area contributed by atoms with Crippen molar-refractivity contribution in [1.29, 1.82) is 0 Å². The van der Waals surface area contributed by atoms with Crippen molar-refractivity contribution in [2.75, 3.05) is 14.2 Å². The number of carbonyl (C=O) groups excluding carboxylic acids is 2. The van der Waals surface area contributed by atoms with Gasteiger partial charge in [0.25, 0.3) is 0 Å². The molecule has 2 rings (SSSR count). The Labute approximate surface area is 118 Å². The molecule has 0 aromatic carbocycles. The number of ether oxygens (including phenoxy) is 1. The molecule has 6 heteroatoms. The van der Waals surface area contributed by atoms with Crippen molar-refractivity contribution in [3.63, 3.8) is 0 Å². The van der Waals surface area contributed by atoms with Gasteiger partial charge in [-0.1, -0.05) is 6.07 Å². The van der Waals surface area contributed by atoms with Crippen LogP contribution in [-0.4, -0.2) is 52.8 Å². The lowest BCUT2D eigenvalue weighted by Gasteiger charge is -2.41. The second kappa shape index (κ2) is 5.48. The molecule has 1 aromatic heterocycles. The van der Waals surface area contributed by atoms with E-state index in [0.29, 0.717) is 12.4 Å². The topological polar surface area (TPSA) is 62.7 Å². The number of rotatable bonds is 3. The largest absolute Gasteiger partial charge is 0.481 e. The van der Waals surface area contributed by atoms with Crippen LogP contribution in [0.2, 0.25) is 0 Å².